The predicted octanol–water partition coefficient (Wildman–Crippen LogP) is 1.90. The van der Waals surface area contributed by atoms with E-state index in [0.29, 0.717) is 18.4 Å². The average molecular weight is 392 g/mol. The molecule has 4 aliphatic carbocycles. The number of Topliss-reactive ketones (excluding diaryl/α,β-unsaturated/α-hetero) is 1. The molecule has 8 unspecified atom stereocenters. The summed E-state index contributed by atoms with van der Waals surface area (Å²) in [4.78, 5) is 24.4. The monoisotopic (exact) mass is 392 g/mol. The lowest BCUT2D eigenvalue weighted by Crippen LogP contribution is -2.69. The largest absolute Gasteiger partial charge is 0.390 e. The van der Waals surface area contributed by atoms with Crippen molar-refractivity contribution >= 4 is 11.6 Å². The minimum atomic E-state index is -1.98. The van der Waals surface area contributed by atoms with Gasteiger partial charge < -0.3 is 15.3 Å². The Morgan fingerprint density at radius 2 is 2.00 bits per heavy atom. The second kappa shape index (κ2) is 5.83. The third-order valence-corrected chi connectivity index (χ3v) is 8.75. The summed E-state index contributed by atoms with van der Waals surface area (Å²) in [5.41, 5.74) is -5.18. The van der Waals surface area contributed by atoms with Crippen LogP contribution in [0.1, 0.15) is 46.5 Å². The summed E-state index contributed by atoms with van der Waals surface area (Å²) in [7, 11) is 0. The van der Waals surface area contributed by atoms with Gasteiger partial charge in [-0.15, -0.1) is 0 Å². The zero-order valence-electron chi connectivity index (χ0n) is 16.6. The van der Waals surface area contributed by atoms with Gasteiger partial charge in [-0.3, -0.25) is 9.59 Å². The highest BCUT2D eigenvalue weighted by molar-refractivity contribution is 5.93. The van der Waals surface area contributed by atoms with Gasteiger partial charge in [0.15, 0.2) is 17.2 Å². The zero-order chi connectivity index (χ0) is 20.7. The van der Waals surface area contributed by atoms with Crippen LogP contribution in [0, 0.1) is 28.6 Å². The van der Waals surface area contributed by atoms with Crippen LogP contribution < -0.4 is 0 Å². The Balaban J connectivity index is 1.85. The molecule has 0 bridgehead atoms. The number of fused-ring (bicyclic) bond motifs is 5. The van der Waals surface area contributed by atoms with Crippen LogP contribution in [0.25, 0.3) is 0 Å². The number of halogens is 1. The van der Waals surface area contributed by atoms with Crippen LogP contribution in [0.2, 0.25) is 0 Å². The number of aliphatic hydroxyl groups is 3. The first-order valence-corrected chi connectivity index (χ1v) is 10.1. The molecule has 0 aromatic carbocycles. The lowest BCUT2D eigenvalue weighted by atomic mass is 9.45. The normalized spacial score (nSPS) is 52.5. The average Bonchev–Trinajstić information content (AvgIpc) is 2.84. The van der Waals surface area contributed by atoms with Crippen LogP contribution in [0.5, 0.6) is 0 Å². The first kappa shape index (κ1) is 19.9. The standard InChI is InChI=1S/C22H29FO5/c1-12-8-16-15-5-4-13-9-14(25)6-7-19(13,2)21(15,23)17(26)10-20(16,3)22(12,28)18(27)11-24/h4,6-7,12,15-17,24,26,28H,5,8-11H2,1-3H3. The number of ketones is 2. The first-order chi connectivity index (χ1) is 13.0. The van der Waals surface area contributed by atoms with E-state index < -0.39 is 52.4 Å². The Hall–Kier alpha value is -1.37. The number of hydrogen-bond donors (Lipinski definition) is 3. The van der Waals surface area contributed by atoms with Crippen LogP contribution >= 0.6 is 0 Å². The van der Waals surface area contributed by atoms with Crippen LogP contribution in [0.4, 0.5) is 4.39 Å². The molecule has 3 N–H and O–H groups in total. The summed E-state index contributed by atoms with van der Waals surface area (Å²) in [5, 5.41) is 32.0. The molecule has 0 aromatic heterocycles. The highest BCUT2D eigenvalue weighted by Gasteiger charge is 2.75. The molecule has 0 aliphatic heterocycles. The molecular formula is C22H29FO5. The van der Waals surface area contributed by atoms with Gasteiger partial charge in [-0.1, -0.05) is 31.6 Å². The fourth-order valence-electron chi connectivity index (χ4n) is 7.17. The molecule has 8 atom stereocenters. The molecule has 2 fully saturated rings. The summed E-state index contributed by atoms with van der Waals surface area (Å²) < 4.78 is 16.9. The van der Waals surface area contributed by atoms with Gasteiger partial charge in [0.25, 0.3) is 0 Å². The molecule has 0 heterocycles. The molecule has 28 heavy (non-hydrogen) atoms. The van der Waals surface area contributed by atoms with Crippen molar-refractivity contribution < 1.29 is 29.3 Å². The van der Waals surface area contributed by atoms with Crippen LogP contribution in [0.15, 0.2) is 23.8 Å². The maximum Gasteiger partial charge on any atom is 0.190 e. The van der Waals surface area contributed by atoms with E-state index in [2.05, 4.69) is 0 Å². The number of aliphatic hydroxyl groups excluding tert-OH is 2. The van der Waals surface area contributed by atoms with E-state index in [1.165, 1.54) is 6.08 Å². The molecule has 0 aromatic rings. The third-order valence-electron chi connectivity index (χ3n) is 8.75. The second-order valence-electron chi connectivity index (χ2n) is 9.75. The van der Waals surface area contributed by atoms with E-state index >= 15 is 4.39 Å². The Labute approximate surface area is 164 Å². The van der Waals surface area contributed by atoms with Gasteiger partial charge in [0.1, 0.15) is 12.2 Å². The molecule has 4 aliphatic rings. The fraction of sp³-hybridized carbons (Fsp3) is 0.727. The van der Waals surface area contributed by atoms with Crippen molar-refractivity contribution in [3.8, 4) is 0 Å². The fourth-order valence-corrected chi connectivity index (χ4v) is 7.17. The van der Waals surface area contributed by atoms with Crippen molar-refractivity contribution in [2.45, 2.75) is 63.8 Å². The number of hydrogen-bond acceptors (Lipinski definition) is 5. The van der Waals surface area contributed by atoms with Gasteiger partial charge in [-0.2, -0.15) is 0 Å². The lowest BCUT2D eigenvalue weighted by Gasteiger charge is -2.62. The van der Waals surface area contributed by atoms with E-state index in [9.17, 15) is 24.9 Å². The Bertz CT molecular complexity index is 805. The predicted molar refractivity (Wildman–Crippen MR) is 99.9 cm³/mol. The Morgan fingerprint density at radius 3 is 2.64 bits per heavy atom. The molecule has 0 saturated heterocycles. The molecule has 4 rings (SSSR count). The van der Waals surface area contributed by atoms with E-state index in [4.69, 9.17) is 0 Å². The Kier molecular flexibility index (Phi) is 4.15. The van der Waals surface area contributed by atoms with Gasteiger partial charge in [-0.25, -0.2) is 4.39 Å². The van der Waals surface area contributed by atoms with Gasteiger partial charge in [0.05, 0.1) is 6.10 Å². The molecule has 6 heteroatoms. The van der Waals surface area contributed by atoms with Crippen LogP contribution in [0.3, 0.4) is 0 Å². The summed E-state index contributed by atoms with van der Waals surface area (Å²) in [6, 6.07) is 0. The third kappa shape index (κ3) is 2.01. The van der Waals surface area contributed by atoms with Crippen LogP contribution in [-0.4, -0.2) is 50.9 Å². The minimum Gasteiger partial charge on any atom is -0.390 e. The molecule has 0 radical (unpaired) electrons. The summed E-state index contributed by atoms with van der Waals surface area (Å²) in [6.07, 6.45) is 4.41. The molecule has 0 spiro atoms. The quantitative estimate of drug-likeness (QED) is 0.624. The number of carbonyl (C=O) groups is 2. The number of allylic oxidation sites excluding steroid dienone is 4. The molecule has 0 amide bonds. The molecule has 154 valence electrons. The topological polar surface area (TPSA) is 94.8 Å². The highest BCUT2D eigenvalue weighted by atomic mass is 19.1. The van der Waals surface area contributed by atoms with Gasteiger partial charge >= 0.3 is 0 Å². The van der Waals surface area contributed by atoms with Crippen molar-refractivity contribution in [2.75, 3.05) is 6.61 Å². The van der Waals surface area contributed by atoms with Gasteiger partial charge in [0.2, 0.25) is 0 Å². The number of alkyl halides is 1. The van der Waals surface area contributed by atoms with Crippen molar-refractivity contribution in [2.24, 2.45) is 28.6 Å². The summed E-state index contributed by atoms with van der Waals surface area (Å²) >= 11 is 0. The van der Waals surface area contributed by atoms with Gasteiger partial charge in [0, 0.05) is 23.2 Å². The molecule has 2 saturated carbocycles. The molecular weight excluding hydrogens is 363 g/mol. The zero-order valence-corrected chi connectivity index (χ0v) is 16.6. The van der Waals surface area contributed by atoms with Crippen molar-refractivity contribution in [1.29, 1.82) is 0 Å². The van der Waals surface area contributed by atoms with Crippen molar-refractivity contribution in [1.82, 2.24) is 0 Å². The van der Waals surface area contributed by atoms with E-state index in [1.807, 2.05) is 6.08 Å². The van der Waals surface area contributed by atoms with E-state index in [1.54, 1.807) is 26.8 Å². The van der Waals surface area contributed by atoms with Crippen molar-refractivity contribution in [3.05, 3.63) is 23.8 Å². The summed E-state index contributed by atoms with van der Waals surface area (Å²) in [6.45, 7) is 4.47. The lowest BCUT2D eigenvalue weighted by molar-refractivity contribution is -0.215. The second-order valence-corrected chi connectivity index (χ2v) is 9.75. The maximum atomic E-state index is 16.9. The highest BCUT2D eigenvalue weighted by Crippen LogP contribution is 2.70. The van der Waals surface area contributed by atoms with E-state index in [0.717, 1.165) is 0 Å². The maximum absolute atomic E-state index is 16.9. The Morgan fingerprint density at radius 1 is 1.32 bits per heavy atom. The van der Waals surface area contributed by atoms with Gasteiger partial charge in [-0.05, 0) is 44.1 Å². The smallest absolute Gasteiger partial charge is 0.190 e. The van der Waals surface area contributed by atoms with E-state index in [-0.39, 0.29) is 24.5 Å². The first-order valence-electron chi connectivity index (χ1n) is 10.1. The van der Waals surface area contributed by atoms with Crippen molar-refractivity contribution in [3.63, 3.8) is 0 Å². The van der Waals surface area contributed by atoms with Crippen LogP contribution in [-0.2, 0) is 9.59 Å². The SMILES string of the molecule is CC1CC2C3CC=C4CC(=O)C=CC4(C)C3(F)C(O)CC2(C)C1(O)C(=O)CO. The molecule has 5 nitrogen and oxygen atoms in total. The summed E-state index contributed by atoms with van der Waals surface area (Å²) in [5.74, 6) is -2.09. The number of carbonyl (C=O) groups excluding carboxylic acids is 2. The minimum absolute atomic E-state index is 0.0676. The number of rotatable bonds is 2.